The standard InChI is InChI=1S/C3H10Si.CN/c1-4(2)3;1-2/h4H,1-3H3;/q;-1. The predicted octanol–water partition coefficient (Wildman–Crippen LogP) is 1.20. The van der Waals surface area contributed by atoms with Gasteiger partial charge in [0, 0.05) is 8.80 Å². The number of hydrogen-bond donors (Lipinski definition) is 0. The molecule has 0 aromatic rings. The van der Waals surface area contributed by atoms with Gasteiger partial charge in [-0.15, -0.1) is 0 Å². The van der Waals surface area contributed by atoms with Crippen LogP contribution in [-0.4, -0.2) is 8.80 Å². The smallest absolute Gasteiger partial charge is 0.0274 e. The molecule has 0 radical (unpaired) electrons. The molecule has 36 valence electrons. The van der Waals surface area contributed by atoms with Crippen LogP contribution in [0.5, 0.6) is 0 Å². The van der Waals surface area contributed by atoms with E-state index < -0.39 is 0 Å². The van der Waals surface area contributed by atoms with Crippen LogP contribution in [0.3, 0.4) is 0 Å². The Balaban J connectivity index is 0. The second-order valence-corrected chi connectivity index (χ2v) is 5.20. The second kappa shape index (κ2) is 8.83. The molecule has 0 N–H and O–H groups in total. The molecule has 6 heavy (non-hydrogen) atoms. The Kier molecular flexibility index (Phi) is 13.5. The summed E-state index contributed by atoms with van der Waals surface area (Å²) in [5.41, 5.74) is 0. The van der Waals surface area contributed by atoms with Gasteiger partial charge in [-0.1, -0.05) is 19.6 Å². The van der Waals surface area contributed by atoms with Gasteiger partial charge in [0.1, 0.15) is 0 Å². The van der Waals surface area contributed by atoms with E-state index in [0.29, 0.717) is 0 Å². The summed E-state index contributed by atoms with van der Waals surface area (Å²) in [6, 6.07) is 0. The van der Waals surface area contributed by atoms with Crippen LogP contribution in [0.25, 0.3) is 0 Å². The molecule has 1 nitrogen and oxygen atoms in total. The number of hydrogen-bond acceptors (Lipinski definition) is 1. The van der Waals surface area contributed by atoms with Gasteiger partial charge in [0.15, 0.2) is 0 Å². The van der Waals surface area contributed by atoms with Crippen LogP contribution < -0.4 is 0 Å². The zero-order chi connectivity index (χ0) is 5.58. The fraction of sp³-hybridized carbons (Fsp3) is 0.750. The first-order chi connectivity index (χ1) is 2.73. The van der Waals surface area contributed by atoms with Gasteiger partial charge in [-0.2, -0.15) is 0 Å². The average Bonchev–Trinajstić information content (AvgIpc) is 1.41. The zero-order valence-corrected chi connectivity index (χ0v) is 5.68. The van der Waals surface area contributed by atoms with E-state index in [1.807, 2.05) is 0 Å². The van der Waals surface area contributed by atoms with Gasteiger partial charge in [-0.05, 0) is 0 Å². The first-order valence-electron chi connectivity index (χ1n) is 1.96. The van der Waals surface area contributed by atoms with Gasteiger partial charge in [0.25, 0.3) is 0 Å². The fourth-order valence-electron chi connectivity index (χ4n) is 0. The number of rotatable bonds is 0. The Labute approximate surface area is 41.2 Å². The summed E-state index contributed by atoms with van der Waals surface area (Å²) in [5, 5.41) is 6.25. The molecule has 0 bridgehead atoms. The maximum atomic E-state index is 6.25. The monoisotopic (exact) mass is 100 g/mol. The van der Waals surface area contributed by atoms with Crippen molar-refractivity contribution in [3.8, 4) is 0 Å². The normalized spacial score (nSPS) is 6.33. The highest BCUT2D eigenvalue weighted by Gasteiger charge is 1.71. The van der Waals surface area contributed by atoms with Crippen molar-refractivity contribution in [2.24, 2.45) is 0 Å². The third kappa shape index (κ3) is 316. The van der Waals surface area contributed by atoms with Crippen molar-refractivity contribution < 1.29 is 0 Å². The lowest BCUT2D eigenvalue weighted by Crippen LogP contribution is -1.84. The van der Waals surface area contributed by atoms with Gasteiger partial charge < -0.3 is 11.8 Å². The highest BCUT2D eigenvalue weighted by molar-refractivity contribution is 6.54. The summed E-state index contributed by atoms with van der Waals surface area (Å²) in [6.07, 6.45) is 0. The third-order valence-corrected chi connectivity index (χ3v) is 0. The van der Waals surface area contributed by atoms with Crippen molar-refractivity contribution >= 4 is 8.80 Å². The molecule has 0 aliphatic heterocycles. The lowest BCUT2D eigenvalue weighted by atomic mass is 11.8. The van der Waals surface area contributed by atoms with E-state index in [0.717, 1.165) is 0 Å². The van der Waals surface area contributed by atoms with Crippen LogP contribution in [0.15, 0.2) is 0 Å². The van der Waals surface area contributed by atoms with Crippen molar-refractivity contribution in [1.29, 1.82) is 5.26 Å². The summed E-state index contributed by atoms with van der Waals surface area (Å²) in [4.78, 5) is 0. The van der Waals surface area contributed by atoms with E-state index in [9.17, 15) is 0 Å². The zero-order valence-electron chi connectivity index (χ0n) is 4.52. The van der Waals surface area contributed by atoms with Crippen molar-refractivity contribution in [2.75, 3.05) is 0 Å². The summed E-state index contributed by atoms with van der Waals surface area (Å²) in [7, 11) is -0.139. The summed E-state index contributed by atoms with van der Waals surface area (Å²) >= 11 is 0. The van der Waals surface area contributed by atoms with Crippen molar-refractivity contribution in [3.63, 3.8) is 0 Å². The first-order valence-corrected chi connectivity index (χ1v) is 5.42. The molecule has 0 aliphatic rings. The van der Waals surface area contributed by atoms with E-state index in [2.05, 4.69) is 19.6 Å². The predicted molar refractivity (Wildman–Crippen MR) is 29.7 cm³/mol. The van der Waals surface area contributed by atoms with E-state index >= 15 is 0 Å². The highest BCUT2D eigenvalue weighted by atomic mass is 28.3. The molecule has 0 aromatic carbocycles. The molecule has 0 saturated heterocycles. The maximum Gasteiger partial charge on any atom is 0.0274 e. The maximum absolute atomic E-state index is 6.25. The Morgan fingerprint density at radius 1 is 1.17 bits per heavy atom. The Hall–Kier alpha value is -0.293. The molecule has 0 amide bonds. The van der Waals surface area contributed by atoms with Gasteiger partial charge in [0.2, 0.25) is 0 Å². The third-order valence-electron chi connectivity index (χ3n) is 0. The van der Waals surface area contributed by atoms with Crippen LogP contribution in [-0.2, 0) is 0 Å². The number of nitrogens with zero attached hydrogens (tertiary/aromatic N) is 1. The Morgan fingerprint density at radius 2 is 1.17 bits per heavy atom. The molecule has 0 heterocycles. The molecule has 0 aliphatic carbocycles. The van der Waals surface area contributed by atoms with Gasteiger partial charge >= 0.3 is 0 Å². The first kappa shape index (κ1) is 9.20. The molecule has 0 unspecified atom stereocenters. The van der Waals surface area contributed by atoms with Crippen molar-refractivity contribution in [1.82, 2.24) is 0 Å². The second-order valence-electron chi connectivity index (χ2n) is 1.73. The van der Waals surface area contributed by atoms with Crippen LogP contribution in [0.1, 0.15) is 0 Å². The van der Waals surface area contributed by atoms with Crippen LogP contribution in [0.4, 0.5) is 0 Å². The molecule has 0 saturated carbocycles. The van der Waals surface area contributed by atoms with E-state index in [-0.39, 0.29) is 8.80 Å². The minimum atomic E-state index is -0.139. The molecular formula is C4H10NSi-. The van der Waals surface area contributed by atoms with Gasteiger partial charge in [-0.25, -0.2) is 0 Å². The topological polar surface area (TPSA) is 23.8 Å². The molecule has 0 atom stereocenters. The average molecular weight is 100 g/mol. The summed E-state index contributed by atoms with van der Waals surface area (Å²) in [6.45, 7) is 11.7. The van der Waals surface area contributed by atoms with Crippen molar-refractivity contribution in [3.05, 3.63) is 6.57 Å². The minimum Gasteiger partial charge on any atom is -0.512 e. The molecule has 0 rings (SSSR count). The van der Waals surface area contributed by atoms with Crippen molar-refractivity contribution in [2.45, 2.75) is 19.6 Å². The molecule has 0 aromatic heterocycles. The molecule has 0 spiro atoms. The van der Waals surface area contributed by atoms with Crippen LogP contribution in [0, 0.1) is 11.8 Å². The molecular weight excluding hydrogens is 90.1 g/mol. The Morgan fingerprint density at radius 3 is 1.17 bits per heavy atom. The molecule has 0 fully saturated rings. The van der Waals surface area contributed by atoms with Crippen LogP contribution >= 0.6 is 0 Å². The SMILES string of the molecule is C[SiH](C)C.[C-]#N. The minimum absolute atomic E-state index is 0.139. The summed E-state index contributed by atoms with van der Waals surface area (Å²) in [5.74, 6) is 0. The summed E-state index contributed by atoms with van der Waals surface area (Å²) < 4.78 is 0. The molecule has 2 heteroatoms. The van der Waals surface area contributed by atoms with Gasteiger partial charge in [-0.3, -0.25) is 0 Å². The van der Waals surface area contributed by atoms with Gasteiger partial charge in [0.05, 0.1) is 0 Å². The quantitative estimate of drug-likeness (QED) is 0.331. The highest BCUT2D eigenvalue weighted by Crippen LogP contribution is 1.68. The van der Waals surface area contributed by atoms with E-state index in [1.54, 1.807) is 0 Å². The fourth-order valence-corrected chi connectivity index (χ4v) is 0. The largest absolute Gasteiger partial charge is 0.512 e. The van der Waals surface area contributed by atoms with E-state index in [4.69, 9.17) is 11.8 Å². The van der Waals surface area contributed by atoms with Crippen LogP contribution in [0.2, 0.25) is 19.6 Å². The lowest BCUT2D eigenvalue weighted by Gasteiger charge is -1.75. The van der Waals surface area contributed by atoms with E-state index in [1.165, 1.54) is 0 Å². The Bertz CT molecular complexity index is 29.0. The lowest BCUT2D eigenvalue weighted by molar-refractivity contribution is 1.53.